The standard InChI is InChI=1S/C16H19N5/c1-20-10-7-15(19-20)6-8-17-12-14-2-4-16(5-3-14)21-11-9-18-13-21/h2-5,7,9-11,13,17H,6,8,12H2,1H3. The zero-order chi connectivity index (χ0) is 14.5. The Balaban J connectivity index is 1.47. The predicted octanol–water partition coefficient (Wildman–Crippen LogP) is 1.94. The van der Waals surface area contributed by atoms with E-state index in [0.29, 0.717) is 0 Å². The Morgan fingerprint density at radius 2 is 1.95 bits per heavy atom. The fraction of sp³-hybridized carbons (Fsp3) is 0.250. The molecule has 2 aromatic heterocycles. The van der Waals surface area contributed by atoms with E-state index in [-0.39, 0.29) is 0 Å². The Morgan fingerprint density at radius 3 is 2.62 bits per heavy atom. The molecule has 0 radical (unpaired) electrons. The van der Waals surface area contributed by atoms with Crippen molar-refractivity contribution in [2.75, 3.05) is 6.54 Å². The van der Waals surface area contributed by atoms with Gasteiger partial charge in [-0.2, -0.15) is 5.10 Å². The molecule has 1 aromatic carbocycles. The number of rotatable bonds is 6. The van der Waals surface area contributed by atoms with Crippen molar-refractivity contribution in [1.29, 1.82) is 0 Å². The van der Waals surface area contributed by atoms with Gasteiger partial charge >= 0.3 is 0 Å². The van der Waals surface area contributed by atoms with Gasteiger partial charge in [0.25, 0.3) is 0 Å². The molecule has 1 N–H and O–H groups in total. The molecule has 0 fully saturated rings. The first kappa shape index (κ1) is 13.6. The molecular formula is C16H19N5. The van der Waals surface area contributed by atoms with Gasteiger partial charge < -0.3 is 9.88 Å². The number of aromatic nitrogens is 4. The third kappa shape index (κ3) is 3.58. The number of imidazole rings is 1. The minimum Gasteiger partial charge on any atom is -0.312 e. The van der Waals surface area contributed by atoms with Gasteiger partial charge in [0, 0.05) is 50.8 Å². The maximum atomic E-state index is 4.36. The summed E-state index contributed by atoms with van der Waals surface area (Å²) in [5.74, 6) is 0. The lowest BCUT2D eigenvalue weighted by Crippen LogP contribution is -2.17. The van der Waals surface area contributed by atoms with Crippen molar-refractivity contribution in [3.63, 3.8) is 0 Å². The minimum atomic E-state index is 0.872. The predicted molar refractivity (Wildman–Crippen MR) is 82.2 cm³/mol. The third-order valence-corrected chi connectivity index (χ3v) is 3.39. The first-order chi connectivity index (χ1) is 10.3. The molecule has 2 heterocycles. The monoisotopic (exact) mass is 281 g/mol. The van der Waals surface area contributed by atoms with E-state index in [0.717, 1.165) is 30.9 Å². The zero-order valence-corrected chi connectivity index (χ0v) is 12.1. The Hall–Kier alpha value is -2.40. The average Bonchev–Trinajstić information content (AvgIpc) is 3.16. The summed E-state index contributed by atoms with van der Waals surface area (Å²) >= 11 is 0. The number of hydrogen-bond donors (Lipinski definition) is 1. The number of benzene rings is 1. The van der Waals surface area contributed by atoms with Crippen molar-refractivity contribution in [3.8, 4) is 5.69 Å². The molecule has 0 saturated carbocycles. The van der Waals surface area contributed by atoms with Gasteiger partial charge in [-0.1, -0.05) is 12.1 Å². The Kier molecular flexibility index (Phi) is 4.12. The Bertz CT molecular complexity index is 667. The molecule has 5 heteroatoms. The molecule has 3 aromatic rings. The van der Waals surface area contributed by atoms with Gasteiger partial charge in [-0.15, -0.1) is 0 Å². The fourth-order valence-corrected chi connectivity index (χ4v) is 2.24. The number of nitrogens with one attached hydrogen (secondary N) is 1. The topological polar surface area (TPSA) is 47.7 Å². The second-order valence-electron chi connectivity index (χ2n) is 5.04. The highest BCUT2D eigenvalue weighted by atomic mass is 15.2. The molecule has 0 unspecified atom stereocenters. The summed E-state index contributed by atoms with van der Waals surface area (Å²) in [7, 11) is 1.94. The third-order valence-electron chi connectivity index (χ3n) is 3.39. The van der Waals surface area contributed by atoms with Crippen LogP contribution in [0.2, 0.25) is 0 Å². The van der Waals surface area contributed by atoms with Gasteiger partial charge in [-0.05, 0) is 23.8 Å². The van der Waals surface area contributed by atoms with Crippen molar-refractivity contribution in [2.24, 2.45) is 7.05 Å². The second kappa shape index (κ2) is 6.37. The smallest absolute Gasteiger partial charge is 0.0991 e. The normalized spacial score (nSPS) is 10.9. The van der Waals surface area contributed by atoms with Gasteiger partial charge in [0.1, 0.15) is 0 Å². The molecule has 0 saturated heterocycles. The van der Waals surface area contributed by atoms with Crippen LogP contribution in [-0.2, 0) is 20.0 Å². The minimum absolute atomic E-state index is 0.872. The van der Waals surface area contributed by atoms with E-state index in [4.69, 9.17) is 0 Å². The Morgan fingerprint density at radius 1 is 1.10 bits per heavy atom. The summed E-state index contributed by atoms with van der Waals surface area (Å²) in [6.45, 7) is 1.80. The van der Waals surface area contributed by atoms with Crippen molar-refractivity contribution in [3.05, 3.63) is 66.5 Å². The lowest BCUT2D eigenvalue weighted by atomic mass is 10.2. The second-order valence-corrected chi connectivity index (χ2v) is 5.04. The first-order valence-electron chi connectivity index (χ1n) is 7.08. The van der Waals surface area contributed by atoms with E-state index in [1.807, 2.05) is 28.7 Å². The summed E-state index contributed by atoms with van der Waals surface area (Å²) in [6.07, 6.45) is 8.46. The van der Waals surface area contributed by atoms with E-state index in [9.17, 15) is 0 Å². The van der Waals surface area contributed by atoms with E-state index in [1.165, 1.54) is 5.56 Å². The van der Waals surface area contributed by atoms with E-state index in [1.54, 1.807) is 12.5 Å². The van der Waals surface area contributed by atoms with Gasteiger partial charge in [-0.3, -0.25) is 4.68 Å². The van der Waals surface area contributed by atoms with E-state index < -0.39 is 0 Å². The quantitative estimate of drug-likeness (QED) is 0.702. The molecular weight excluding hydrogens is 262 g/mol. The molecule has 108 valence electrons. The Labute approximate surface area is 124 Å². The highest BCUT2D eigenvalue weighted by Gasteiger charge is 1.98. The number of aryl methyl sites for hydroxylation is 1. The van der Waals surface area contributed by atoms with Crippen LogP contribution in [-0.4, -0.2) is 25.9 Å². The maximum Gasteiger partial charge on any atom is 0.0991 e. The molecule has 0 bridgehead atoms. The molecule has 0 amide bonds. The summed E-state index contributed by atoms with van der Waals surface area (Å²) in [5.41, 5.74) is 3.53. The molecule has 0 aliphatic heterocycles. The van der Waals surface area contributed by atoms with Crippen LogP contribution in [0.4, 0.5) is 0 Å². The van der Waals surface area contributed by atoms with Crippen LogP contribution in [0.5, 0.6) is 0 Å². The summed E-state index contributed by atoms with van der Waals surface area (Å²) in [6, 6.07) is 10.6. The van der Waals surface area contributed by atoms with Crippen LogP contribution in [0.15, 0.2) is 55.2 Å². The molecule has 0 atom stereocenters. The maximum absolute atomic E-state index is 4.36. The molecule has 5 nitrogen and oxygen atoms in total. The first-order valence-corrected chi connectivity index (χ1v) is 7.08. The largest absolute Gasteiger partial charge is 0.312 e. The van der Waals surface area contributed by atoms with Crippen LogP contribution in [0.3, 0.4) is 0 Å². The van der Waals surface area contributed by atoms with Crippen LogP contribution < -0.4 is 5.32 Å². The van der Waals surface area contributed by atoms with E-state index >= 15 is 0 Å². The van der Waals surface area contributed by atoms with Crippen molar-refractivity contribution < 1.29 is 0 Å². The summed E-state index contributed by atoms with van der Waals surface area (Å²) < 4.78 is 3.84. The zero-order valence-electron chi connectivity index (χ0n) is 12.1. The van der Waals surface area contributed by atoms with Crippen molar-refractivity contribution in [1.82, 2.24) is 24.6 Å². The van der Waals surface area contributed by atoms with E-state index in [2.05, 4.69) is 45.7 Å². The number of hydrogen-bond acceptors (Lipinski definition) is 3. The lowest BCUT2D eigenvalue weighted by molar-refractivity contribution is 0.665. The fourth-order valence-electron chi connectivity index (χ4n) is 2.24. The highest BCUT2D eigenvalue weighted by molar-refractivity contribution is 5.34. The molecule has 21 heavy (non-hydrogen) atoms. The number of nitrogens with zero attached hydrogens (tertiary/aromatic N) is 4. The molecule has 3 rings (SSSR count). The molecule has 0 spiro atoms. The lowest BCUT2D eigenvalue weighted by Gasteiger charge is -2.06. The van der Waals surface area contributed by atoms with Gasteiger partial charge in [0.05, 0.1) is 12.0 Å². The van der Waals surface area contributed by atoms with Crippen LogP contribution in [0.1, 0.15) is 11.3 Å². The van der Waals surface area contributed by atoms with Crippen LogP contribution in [0.25, 0.3) is 5.69 Å². The average molecular weight is 281 g/mol. The SMILES string of the molecule is Cn1ccc(CCNCc2ccc(-n3ccnc3)cc2)n1. The van der Waals surface area contributed by atoms with Gasteiger partial charge in [0.2, 0.25) is 0 Å². The van der Waals surface area contributed by atoms with Crippen LogP contribution >= 0.6 is 0 Å². The highest BCUT2D eigenvalue weighted by Crippen LogP contribution is 2.09. The molecule has 0 aliphatic carbocycles. The van der Waals surface area contributed by atoms with Crippen molar-refractivity contribution in [2.45, 2.75) is 13.0 Å². The summed E-state index contributed by atoms with van der Waals surface area (Å²) in [5, 5.41) is 7.81. The van der Waals surface area contributed by atoms with Gasteiger partial charge in [-0.25, -0.2) is 4.98 Å². The van der Waals surface area contributed by atoms with Crippen LogP contribution in [0, 0.1) is 0 Å². The molecule has 0 aliphatic rings. The van der Waals surface area contributed by atoms with Crippen molar-refractivity contribution >= 4 is 0 Å². The summed E-state index contributed by atoms with van der Waals surface area (Å²) in [4.78, 5) is 4.06. The van der Waals surface area contributed by atoms with Gasteiger partial charge in [0.15, 0.2) is 0 Å².